The molecular weight excluding hydrogens is 272 g/mol. The third kappa shape index (κ3) is 2.23. The zero-order valence-corrected chi connectivity index (χ0v) is 10.7. The van der Waals surface area contributed by atoms with Gasteiger partial charge in [-0.3, -0.25) is 4.79 Å². The van der Waals surface area contributed by atoms with Crippen molar-refractivity contribution in [1.82, 2.24) is 0 Å². The fourth-order valence-corrected chi connectivity index (χ4v) is 3.47. The summed E-state index contributed by atoms with van der Waals surface area (Å²) in [7, 11) is 0. The Morgan fingerprint density at radius 3 is 2.25 bits per heavy atom. The van der Waals surface area contributed by atoms with Crippen LogP contribution < -0.4 is 0 Å². The largest absolute Gasteiger partial charge is 0.419 e. The summed E-state index contributed by atoms with van der Waals surface area (Å²) in [6.45, 7) is 0. The van der Waals surface area contributed by atoms with Gasteiger partial charge >= 0.3 is 6.18 Å². The number of rotatable bonds is 2. The molecule has 2 aliphatic carbocycles. The highest BCUT2D eigenvalue weighted by Gasteiger charge is 2.54. The molecule has 2 fully saturated rings. The molecular formula is C15H14F4O. The Labute approximate surface area is 114 Å². The van der Waals surface area contributed by atoms with Crippen molar-refractivity contribution in [3.63, 3.8) is 0 Å². The van der Waals surface area contributed by atoms with E-state index >= 15 is 0 Å². The molecule has 2 saturated carbocycles. The Morgan fingerprint density at radius 1 is 1.10 bits per heavy atom. The van der Waals surface area contributed by atoms with Crippen LogP contribution in [0.2, 0.25) is 0 Å². The van der Waals surface area contributed by atoms with E-state index in [9.17, 15) is 22.4 Å². The Hall–Kier alpha value is -1.39. The molecule has 0 spiro atoms. The molecule has 1 aromatic carbocycles. The number of hydrogen-bond acceptors (Lipinski definition) is 1. The van der Waals surface area contributed by atoms with Gasteiger partial charge in [-0.25, -0.2) is 4.39 Å². The third-order valence-electron chi connectivity index (χ3n) is 4.52. The van der Waals surface area contributed by atoms with Gasteiger partial charge in [0.15, 0.2) is 5.78 Å². The normalized spacial score (nSPS) is 28.9. The predicted octanol–water partition coefficient (Wildman–Crippen LogP) is 4.46. The molecule has 2 atom stereocenters. The lowest BCUT2D eigenvalue weighted by molar-refractivity contribution is -0.140. The van der Waals surface area contributed by atoms with Crippen molar-refractivity contribution in [2.45, 2.75) is 31.9 Å². The van der Waals surface area contributed by atoms with Crippen LogP contribution in [-0.4, -0.2) is 5.78 Å². The topological polar surface area (TPSA) is 17.1 Å². The van der Waals surface area contributed by atoms with E-state index in [4.69, 9.17) is 0 Å². The second-order valence-electron chi connectivity index (χ2n) is 5.69. The van der Waals surface area contributed by atoms with Gasteiger partial charge in [0, 0.05) is 11.5 Å². The number of fused-ring (bicyclic) bond motifs is 1. The summed E-state index contributed by atoms with van der Waals surface area (Å²) in [5.41, 5.74) is -1.37. The molecule has 0 aliphatic heterocycles. The smallest absolute Gasteiger partial charge is 0.294 e. The van der Waals surface area contributed by atoms with Crippen LogP contribution in [0.15, 0.2) is 18.2 Å². The van der Waals surface area contributed by atoms with Crippen LogP contribution in [0, 0.1) is 23.6 Å². The molecule has 2 aliphatic rings. The van der Waals surface area contributed by atoms with Crippen molar-refractivity contribution >= 4 is 5.78 Å². The summed E-state index contributed by atoms with van der Waals surface area (Å²) < 4.78 is 51.2. The minimum Gasteiger partial charge on any atom is -0.294 e. The van der Waals surface area contributed by atoms with Crippen LogP contribution in [0.1, 0.15) is 41.6 Å². The van der Waals surface area contributed by atoms with Gasteiger partial charge in [0.2, 0.25) is 0 Å². The maximum absolute atomic E-state index is 13.2. The summed E-state index contributed by atoms with van der Waals surface area (Å²) in [6.07, 6.45) is -0.635. The van der Waals surface area contributed by atoms with Gasteiger partial charge in [0.05, 0.1) is 5.56 Å². The first kappa shape index (κ1) is 13.6. The number of benzene rings is 1. The van der Waals surface area contributed by atoms with E-state index in [-0.39, 0.29) is 17.3 Å². The van der Waals surface area contributed by atoms with E-state index in [1.807, 2.05) is 0 Å². The Kier molecular flexibility index (Phi) is 3.10. The zero-order valence-electron chi connectivity index (χ0n) is 10.7. The molecule has 0 saturated heterocycles. The van der Waals surface area contributed by atoms with Crippen molar-refractivity contribution in [2.24, 2.45) is 17.8 Å². The highest BCUT2D eigenvalue weighted by atomic mass is 19.4. The highest BCUT2D eigenvalue weighted by molar-refractivity contribution is 6.00. The molecule has 0 amide bonds. The average molecular weight is 286 g/mol. The third-order valence-corrected chi connectivity index (χ3v) is 4.52. The molecule has 1 aromatic rings. The maximum atomic E-state index is 13.2. The van der Waals surface area contributed by atoms with E-state index in [0.29, 0.717) is 17.9 Å². The summed E-state index contributed by atoms with van der Waals surface area (Å²) in [5, 5.41) is 0. The molecule has 3 rings (SSSR count). The Bertz CT molecular complexity index is 537. The molecule has 0 heterocycles. The number of alkyl halides is 3. The number of carbonyl (C=O) groups excluding carboxylic acids is 1. The first-order valence-corrected chi connectivity index (χ1v) is 6.80. The summed E-state index contributed by atoms with van der Waals surface area (Å²) >= 11 is 0. The molecule has 2 unspecified atom stereocenters. The Balaban J connectivity index is 1.86. The molecule has 0 bridgehead atoms. The first-order valence-electron chi connectivity index (χ1n) is 6.80. The number of halogens is 4. The van der Waals surface area contributed by atoms with E-state index in [2.05, 4.69) is 0 Å². The quantitative estimate of drug-likeness (QED) is 0.579. The average Bonchev–Trinajstić information content (AvgIpc) is 3.11. The van der Waals surface area contributed by atoms with Crippen molar-refractivity contribution in [3.05, 3.63) is 35.1 Å². The van der Waals surface area contributed by atoms with E-state index in [1.54, 1.807) is 0 Å². The predicted molar refractivity (Wildman–Crippen MR) is 64.7 cm³/mol. The number of hydrogen-bond donors (Lipinski definition) is 0. The fraction of sp³-hybridized carbons (Fsp3) is 0.533. The van der Waals surface area contributed by atoms with Crippen LogP contribution in [0.4, 0.5) is 17.6 Å². The molecule has 1 nitrogen and oxygen atoms in total. The minimum atomic E-state index is -4.77. The van der Waals surface area contributed by atoms with Gasteiger partial charge in [0.1, 0.15) is 5.82 Å². The lowest BCUT2D eigenvalue weighted by Gasteiger charge is -2.09. The van der Waals surface area contributed by atoms with E-state index in [1.165, 1.54) is 0 Å². The van der Waals surface area contributed by atoms with Crippen LogP contribution in [0.5, 0.6) is 0 Å². The highest BCUT2D eigenvalue weighted by Crippen LogP contribution is 2.56. The van der Waals surface area contributed by atoms with Gasteiger partial charge in [-0.2, -0.15) is 13.2 Å². The van der Waals surface area contributed by atoms with Crippen LogP contribution in [0.25, 0.3) is 0 Å². The SMILES string of the molecule is O=C(c1ccc(F)c(C(F)(F)F)c1)C1C2CCCCC21. The lowest BCUT2D eigenvalue weighted by Crippen LogP contribution is -2.12. The first-order chi connectivity index (χ1) is 9.39. The van der Waals surface area contributed by atoms with Crippen molar-refractivity contribution in [1.29, 1.82) is 0 Å². The molecule has 0 aromatic heterocycles. The molecule has 5 heteroatoms. The van der Waals surface area contributed by atoms with Gasteiger partial charge in [-0.1, -0.05) is 12.8 Å². The van der Waals surface area contributed by atoms with Gasteiger partial charge in [0.25, 0.3) is 0 Å². The second kappa shape index (κ2) is 4.57. The lowest BCUT2D eigenvalue weighted by atomic mass is 10.0. The summed E-state index contributed by atoms with van der Waals surface area (Å²) in [6, 6.07) is 2.56. The Morgan fingerprint density at radius 2 is 1.70 bits per heavy atom. The van der Waals surface area contributed by atoms with Gasteiger partial charge < -0.3 is 0 Å². The number of Topliss-reactive ketones (excluding diaryl/α,β-unsaturated/α-hetero) is 1. The van der Waals surface area contributed by atoms with Crippen LogP contribution >= 0.6 is 0 Å². The summed E-state index contributed by atoms with van der Waals surface area (Å²) in [4.78, 5) is 12.3. The van der Waals surface area contributed by atoms with Gasteiger partial charge in [-0.05, 0) is 42.9 Å². The monoisotopic (exact) mass is 286 g/mol. The maximum Gasteiger partial charge on any atom is 0.419 e. The van der Waals surface area contributed by atoms with E-state index in [0.717, 1.165) is 37.8 Å². The molecule has 108 valence electrons. The minimum absolute atomic E-state index is 0.0156. The van der Waals surface area contributed by atoms with Crippen LogP contribution in [0.3, 0.4) is 0 Å². The van der Waals surface area contributed by atoms with E-state index < -0.39 is 17.6 Å². The van der Waals surface area contributed by atoms with Crippen molar-refractivity contribution in [3.8, 4) is 0 Å². The molecule has 0 radical (unpaired) electrons. The van der Waals surface area contributed by atoms with Crippen molar-refractivity contribution in [2.75, 3.05) is 0 Å². The van der Waals surface area contributed by atoms with Crippen molar-refractivity contribution < 1.29 is 22.4 Å². The van der Waals surface area contributed by atoms with Gasteiger partial charge in [-0.15, -0.1) is 0 Å². The van der Waals surface area contributed by atoms with Crippen LogP contribution in [-0.2, 0) is 6.18 Å². The number of carbonyl (C=O) groups is 1. The summed E-state index contributed by atoms with van der Waals surface area (Å²) in [5.74, 6) is -1.08. The molecule has 0 N–H and O–H groups in total. The zero-order chi connectivity index (χ0) is 14.5. The number of ketones is 1. The second-order valence-corrected chi connectivity index (χ2v) is 5.69. The molecule has 20 heavy (non-hydrogen) atoms. The standard InChI is InChI=1S/C15H14F4O/c16-12-6-5-8(7-11(12)15(17,18)19)14(20)13-9-3-1-2-4-10(9)13/h5-7,9-10,13H,1-4H2. The fourth-order valence-electron chi connectivity index (χ4n) is 3.47.